The van der Waals surface area contributed by atoms with Gasteiger partial charge >= 0.3 is 23.3 Å². The minimum atomic E-state index is -1.72. The predicted molar refractivity (Wildman–Crippen MR) is 124 cm³/mol. The van der Waals surface area contributed by atoms with Crippen molar-refractivity contribution in [2.75, 3.05) is 0 Å². The average molecular weight is 474 g/mol. The first-order valence-electron chi connectivity index (χ1n) is 9.85. The molecule has 0 amide bonds. The highest BCUT2D eigenvalue weighted by atomic mass is 35.8. The minimum absolute atomic E-state index is 0.321. The van der Waals surface area contributed by atoms with E-state index >= 15 is 0 Å². The number of hydrogen-bond donors (Lipinski definition) is 2. The monoisotopic (exact) mass is 472 g/mol. The highest BCUT2D eigenvalue weighted by molar-refractivity contribution is 7.54. The minimum Gasteiger partial charge on any atom is -0.481 e. The SMILES string of the molecule is C=CCCCCCCCC(=O)O.C=CCCCCCCCC(=O)O.[Cl][Al]([Cl])[Cl]. The van der Waals surface area contributed by atoms with Crippen molar-refractivity contribution in [3.63, 3.8) is 0 Å². The largest absolute Gasteiger partial charge is 0.643 e. The molecule has 0 unspecified atom stereocenters. The maximum atomic E-state index is 10.1. The van der Waals surface area contributed by atoms with Crippen LogP contribution in [0.15, 0.2) is 25.3 Å². The van der Waals surface area contributed by atoms with Crippen LogP contribution in [0.5, 0.6) is 0 Å². The second-order valence-corrected chi connectivity index (χ2v) is 12.7. The molecule has 0 heterocycles. The molecule has 8 heteroatoms. The van der Waals surface area contributed by atoms with Crippen molar-refractivity contribution < 1.29 is 19.8 Å². The van der Waals surface area contributed by atoms with Crippen molar-refractivity contribution in [3.05, 3.63) is 25.3 Å². The summed E-state index contributed by atoms with van der Waals surface area (Å²) in [6.07, 6.45) is 17.5. The Morgan fingerprint density at radius 2 is 0.893 bits per heavy atom. The van der Waals surface area contributed by atoms with Crippen LogP contribution in [0, 0.1) is 0 Å². The molecule has 0 radical (unpaired) electrons. The molecule has 0 fully saturated rings. The summed E-state index contributed by atoms with van der Waals surface area (Å²) in [5, 5.41) is 16.7. The third kappa shape index (κ3) is 50.1. The molecule has 0 aliphatic rings. The maximum Gasteiger partial charge on any atom is 0.643 e. The first-order valence-corrected chi connectivity index (χ1v) is 15.1. The standard InChI is InChI=1S/2C10H18O2.Al.3ClH/c2*1-2-3-4-5-6-7-8-9-10(11)12;;;;/h2*2H,1,3-9H2,(H,11,12);;3*1H/q;;+3;;;/p-3. The maximum absolute atomic E-state index is 10.1. The molecule has 0 atom stereocenters. The van der Waals surface area contributed by atoms with Gasteiger partial charge in [-0.2, -0.15) is 0 Å². The van der Waals surface area contributed by atoms with Crippen molar-refractivity contribution in [1.82, 2.24) is 0 Å². The topological polar surface area (TPSA) is 74.6 Å². The van der Waals surface area contributed by atoms with E-state index in [-0.39, 0.29) is 0 Å². The molecule has 0 aliphatic carbocycles. The number of unbranched alkanes of at least 4 members (excludes halogenated alkanes) is 10. The van der Waals surface area contributed by atoms with Gasteiger partial charge in [-0.25, -0.2) is 30.1 Å². The van der Waals surface area contributed by atoms with Gasteiger partial charge in [-0.05, 0) is 38.5 Å². The average Bonchev–Trinajstić information content (AvgIpc) is 2.60. The van der Waals surface area contributed by atoms with Gasteiger partial charge in [-0.1, -0.05) is 50.7 Å². The quantitative estimate of drug-likeness (QED) is 0.137. The predicted octanol–water partition coefficient (Wildman–Crippen LogP) is 7.66. The summed E-state index contributed by atoms with van der Waals surface area (Å²) in [6.45, 7) is 7.28. The van der Waals surface area contributed by atoms with Crippen LogP contribution < -0.4 is 0 Å². The Bertz CT molecular complexity index is 346. The molecule has 0 bridgehead atoms. The summed E-state index contributed by atoms with van der Waals surface area (Å²) < 4.78 is 0. The normalized spacial score (nSPS) is 9.25. The Morgan fingerprint density at radius 3 is 1.14 bits per heavy atom. The lowest BCUT2D eigenvalue weighted by atomic mass is 10.1. The van der Waals surface area contributed by atoms with Crippen molar-refractivity contribution in [3.8, 4) is 0 Å². The van der Waals surface area contributed by atoms with Crippen molar-refractivity contribution >= 4 is 53.5 Å². The van der Waals surface area contributed by atoms with E-state index in [1.807, 2.05) is 12.2 Å². The lowest BCUT2D eigenvalue weighted by Gasteiger charge is -1.97. The van der Waals surface area contributed by atoms with Gasteiger partial charge in [-0.3, -0.25) is 9.59 Å². The molecular weight excluding hydrogens is 438 g/mol. The van der Waals surface area contributed by atoms with E-state index < -0.39 is 23.3 Å². The zero-order valence-corrected chi connectivity index (χ0v) is 20.3. The third-order valence-electron chi connectivity index (χ3n) is 3.60. The summed E-state index contributed by atoms with van der Waals surface area (Å²) in [4.78, 5) is 20.2. The van der Waals surface area contributed by atoms with Gasteiger partial charge in [0.1, 0.15) is 0 Å². The molecule has 4 nitrogen and oxygen atoms in total. The molecule has 0 spiro atoms. The van der Waals surface area contributed by atoms with Crippen LogP contribution >= 0.6 is 30.1 Å². The smallest absolute Gasteiger partial charge is 0.481 e. The van der Waals surface area contributed by atoms with Crippen LogP contribution in [0.3, 0.4) is 0 Å². The Balaban J connectivity index is -0.000000375. The van der Waals surface area contributed by atoms with Crippen LogP contribution in [-0.4, -0.2) is 33.5 Å². The summed E-state index contributed by atoms with van der Waals surface area (Å²) in [7, 11) is 14.8. The lowest BCUT2D eigenvalue weighted by Crippen LogP contribution is -1.93. The van der Waals surface area contributed by atoms with Gasteiger partial charge in [0.05, 0.1) is 0 Å². The number of carbonyl (C=O) groups is 2. The summed E-state index contributed by atoms with van der Waals surface area (Å²) in [5.74, 6) is -1.36. The molecule has 2 N–H and O–H groups in total. The molecule has 0 rings (SSSR count). The first kappa shape index (κ1) is 32.5. The number of rotatable bonds is 16. The second kappa shape index (κ2) is 29.0. The fourth-order valence-corrected chi connectivity index (χ4v) is 2.19. The Hall–Kier alpha value is -0.178. The van der Waals surface area contributed by atoms with E-state index in [0.717, 1.165) is 51.4 Å². The third-order valence-corrected chi connectivity index (χ3v) is 3.60. The molecule has 0 aromatic rings. The van der Waals surface area contributed by atoms with E-state index in [1.54, 1.807) is 0 Å². The summed E-state index contributed by atoms with van der Waals surface area (Å²) >= 11 is -1.72. The number of allylic oxidation sites excluding steroid dienone is 2. The molecule has 0 aromatic carbocycles. The van der Waals surface area contributed by atoms with Crippen LogP contribution in [0.1, 0.15) is 89.9 Å². The van der Waals surface area contributed by atoms with Crippen LogP contribution in [0.25, 0.3) is 0 Å². The fourth-order valence-electron chi connectivity index (χ4n) is 2.19. The molecular formula is C20H36AlCl3O4. The van der Waals surface area contributed by atoms with Crippen LogP contribution in [0.4, 0.5) is 0 Å². The molecule has 0 saturated heterocycles. The van der Waals surface area contributed by atoms with E-state index in [2.05, 4.69) is 13.2 Å². The van der Waals surface area contributed by atoms with Crippen molar-refractivity contribution in [2.24, 2.45) is 0 Å². The van der Waals surface area contributed by atoms with E-state index in [1.165, 1.54) is 25.7 Å². The molecule has 0 saturated carbocycles. The molecule has 0 aliphatic heterocycles. The van der Waals surface area contributed by atoms with Crippen LogP contribution in [0.2, 0.25) is 0 Å². The molecule has 28 heavy (non-hydrogen) atoms. The van der Waals surface area contributed by atoms with Gasteiger partial charge in [0.15, 0.2) is 0 Å². The van der Waals surface area contributed by atoms with Gasteiger partial charge in [0.2, 0.25) is 0 Å². The van der Waals surface area contributed by atoms with Gasteiger partial charge in [0, 0.05) is 12.8 Å². The zero-order valence-electron chi connectivity index (χ0n) is 16.9. The van der Waals surface area contributed by atoms with E-state index in [0.29, 0.717) is 12.8 Å². The van der Waals surface area contributed by atoms with E-state index in [4.69, 9.17) is 40.4 Å². The second-order valence-electron chi connectivity index (χ2n) is 6.23. The van der Waals surface area contributed by atoms with Crippen molar-refractivity contribution in [1.29, 1.82) is 0 Å². The number of carboxylic acids is 2. The first-order chi connectivity index (χ1) is 13.3. The Kier molecular flexibility index (Phi) is 33.7. The van der Waals surface area contributed by atoms with Crippen LogP contribution in [-0.2, 0) is 9.59 Å². The molecule has 164 valence electrons. The Labute approximate surface area is 187 Å². The highest BCUT2D eigenvalue weighted by Crippen LogP contribution is 2.07. The number of hydrogen-bond acceptors (Lipinski definition) is 2. The lowest BCUT2D eigenvalue weighted by molar-refractivity contribution is -0.138. The van der Waals surface area contributed by atoms with Gasteiger partial charge in [-0.15, -0.1) is 13.2 Å². The summed E-state index contributed by atoms with van der Waals surface area (Å²) in [6, 6.07) is 0. The van der Waals surface area contributed by atoms with Crippen molar-refractivity contribution in [2.45, 2.75) is 89.9 Å². The summed E-state index contributed by atoms with van der Waals surface area (Å²) in [5.41, 5.74) is 0. The zero-order chi connectivity index (χ0) is 22.0. The fraction of sp³-hybridized carbons (Fsp3) is 0.700. The number of carboxylic acid groups (broad SMARTS) is 2. The Morgan fingerprint density at radius 1 is 0.643 bits per heavy atom. The molecule has 0 aromatic heterocycles. The highest BCUT2D eigenvalue weighted by Gasteiger charge is 2.00. The van der Waals surface area contributed by atoms with Gasteiger partial charge in [0.25, 0.3) is 0 Å². The van der Waals surface area contributed by atoms with Gasteiger partial charge < -0.3 is 10.2 Å². The number of halogens is 3. The van der Waals surface area contributed by atoms with E-state index in [9.17, 15) is 9.59 Å². The number of aliphatic carboxylic acids is 2.